The predicted molar refractivity (Wildman–Crippen MR) is 70.6 cm³/mol. The summed E-state index contributed by atoms with van der Waals surface area (Å²) in [5.74, 6) is -1.39. The number of carbonyl (C=O) groups is 1. The van der Waals surface area contributed by atoms with E-state index >= 15 is 0 Å². The quantitative estimate of drug-likeness (QED) is 0.497. The van der Waals surface area contributed by atoms with Crippen LogP contribution in [0.4, 0.5) is 5.69 Å². The number of ether oxygens (including phenoxy) is 1. The number of aromatic carboxylic acids is 1. The summed E-state index contributed by atoms with van der Waals surface area (Å²) in [7, 11) is 1.24. The summed E-state index contributed by atoms with van der Waals surface area (Å²) in [4.78, 5) is 32.9. The number of carboxylic acid groups (broad SMARTS) is 1. The molecule has 2 rings (SSSR count). The highest BCUT2D eigenvalue weighted by Crippen LogP contribution is 2.37. The molecule has 0 aliphatic heterocycles. The van der Waals surface area contributed by atoms with Crippen molar-refractivity contribution in [1.82, 2.24) is 15.0 Å². The molecule has 0 saturated carbocycles. The Balaban J connectivity index is 2.50. The van der Waals surface area contributed by atoms with Gasteiger partial charge in [-0.05, 0) is 23.9 Å². The molecule has 2 aromatic rings. The maximum atomic E-state index is 11.1. The lowest BCUT2D eigenvalue weighted by atomic mass is 10.3. The van der Waals surface area contributed by atoms with Crippen molar-refractivity contribution in [3.8, 4) is 5.88 Å². The molecule has 0 atom stereocenters. The third-order valence-corrected chi connectivity index (χ3v) is 3.34. The standard InChI is InChI=1S/C11H8N4O5S/c1-20-8-7(15(18)19)10(14-5-13-8)21-9-6(11(16)17)3-2-4-12-9/h2-5H,1H3,(H,16,17). The summed E-state index contributed by atoms with van der Waals surface area (Å²) in [6.45, 7) is 0. The molecule has 0 amide bonds. The second-order valence-electron chi connectivity index (χ2n) is 3.56. The number of hydrogen-bond donors (Lipinski definition) is 1. The van der Waals surface area contributed by atoms with Crippen LogP contribution in [0.1, 0.15) is 10.4 Å². The van der Waals surface area contributed by atoms with Crippen LogP contribution in [0.25, 0.3) is 0 Å². The summed E-state index contributed by atoms with van der Waals surface area (Å²) in [6, 6.07) is 2.81. The van der Waals surface area contributed by atoms with E-state index in [1.54, 1.807) is 0 Å². The first-order valence-electron chi connectivity index (χ1n) is 5.44. The van der Waals surface area contributed by atoms with Crippen molar-refractivity contribution in [3.05, 3.63) is 40.3 Å². The van der Waals surface area contributed by atoms with Crippen molar-refractivity contribution in [2.75, 3.05) is 7.11 Å². The highest BCUT2D eigenvalue weighted by atomic mass is 32.2. The Bertz CT molecular complexity index is 709. The van der Waals surface area contributed by atoms with Crippen molar-refractivity contribution in [2.45, 2.75) is 10.1 Å². The van der Waals surface area contributed by atoms with Crippen molar-refractivity contribution in [1.29, 1.82) is 0 Å². The minimum Gasteiger partial charge on any atom is -0.478 e. The number of pyridine rings is 1. The van der Waals surface area contributed by atoms with E-state index in [1.807, 2.05) is 0 Å². The summed E-state index contributed by atoms with van der Waals surface area (Å²) >= 11 is 0.762. The fourth-order valence-corrected chi connectivity index (χ4v) is 2.37. The maximum absolute atomic E-state index is 11.1. The lowest BCUT2D eigenvalue weighted by Crippen LogP contribution is -2.03. The van der Waals surface area contributed by atoms with Crippen molar-refractivity contribution < 1.29 is 19.6 Å². The Kier molecular flexibility index (Phi) is 4.28. The Morgan fingerprint density at radius 3 is 2.76 bits per heavy atom. The topological polar surface area (TPSA) is 128 Å². The third kappa shape index (κ3) is 3.05. The molecule has 0 aromatic carbocycles. The van der Waals surface area contributed by atoms with Gasteiger partial charge in [0.05, 0.1) is 17.6 Å². The number of nitrogens with zero attached hydrogens (tertiary/aromatic N) is 4. The van der Waals surface area contributed by atoms with Crippen LogP contribution in [0.2, 0.25) is 0 Å². The van der Waals surface area contributed by atoms with Crippen LogP contribution in [0.15, 0.2) is 34.7 Å². The SMILES string of the molecule is COc1ncnc(Sc2ncccc2C(=O)O)c1[N+](=O)[O-]. The van der Waals surface area contributed by atoms with E-state index in [2.05, 4.69) is 15.0 Å². The average Bonchev–Trinajstić information content (AvgIpc) is 2.47. The van der Waals surface area contributed by atoms with Crippen LogP contribution in [0, 0.1) is 10.1 Å². The van der Waals surface area contributed by atoms with Gasteiger partial charge in [-0.3, -0.25) is 10.1 Å². The first-order valence-corrected chi connectivity index (χ1v) is 6.25. The van der Waals surface area contributed by atoms with Crippen LogP contribution in [0.5, 0.6) is 5.88 Å². The van der Waals surface area contributed by atoms with Crippen LogP contribution < -0.4 is 4.74 Å². The molecule has 0 fully saturated rings. The molecule has 10 heteroatoms. The van der Waals surface area contributed by atoms with Gasteiger partial charge in [-0.25, -0.2) is 14.8 Å². The minimum atomic E-state index is -1.19. The molecule has 2 heterocycles. The normalized spacial score (nSPS) is 10.1. The van der Waals surface area contributed by atoms with Crippen LogP contribution in [0.3, 0.4) is 0 Å². The number of aromatic nitrogens is 3. The van der Waals surface area contributed by atoms with E-state index in [0.717, 1.165) is 18.1 Å². The van der Waals surface area contributed by atoms with Gasteiger partial charge >= 0.3 is 11.7 Å². The largest absolute Gasteiger partial charge is 0.478 e. The summed E-state index contributed by atoms with van der Waals surface area (Å²) < 4.78 is 4.82. The molecule has 0 saturated heterocycles. The average molecular weight is 308 g/mol. The van der Waals surface area contributed by atoms with Gasteiger partial charge in [-0.1, -0.05) is 0 Å². The van der Waals surface area contributed by atoms with E-state index < -0.39 is 16.6 Å². The first kappa shape index (κ1) is 14.7. The second-order valence-corrected chi connectivity index (χ2v) is 4.53. The van der Waals surface area contributed by atoms with Gasteiger partial charge in [0.1, 0.15) is 11.4 Å². The van der Waals surface area contributed by atoms with E-state index in [0.29, 0.717) is 0 Å². The van der Waals surface area contributed by atoms with Crippen LogP contribution in [-0.2, 0) is 0 Å². The molecule has 0 radical (unpaired) electrons. The zero-order valence-electron chi connectivity index (χ0n) is 10.6. The highest BCUT2D eigenvalue weighted by Gasteiger charge is 2.26. The number of nitro groups is 1. The monoisotopic (exact) mass is 308 g/mol. The molecule has 2 aromatic heterocycles. The molecule has 9 nitrogen and oxygen atoms in total. The number of rotatable bonds is 5. The van der Waals surface area contributed by atoms with Crippen LogP contribution in [-0.4, -0.2) is 38.1 Å². The Labute approximate surface area is 122 Å². The fourth-order valence-electron chi connectivity index (χ4n) is 1.45. The maximum Gasteiger partial charge on any atom is 0.363 e. The van der Waals surface area contributed by atoms with Gasteiger partial charge in [0.2, 0.25) is 0 Å². The van der Waals surface area contributed by atoms with Crippen molar-refractivity contribution in [3.63, 3.8) is 0 Å². The highest BCUT2D eigenvalue weighted by molar-refractivity contribution is 7.99. The lowest BCUT2D eigenvalue weighted by Gasteiger charge is -2.06. The summed E-state index contributed by atoms with van der Waals surface area (Å²) in [5, 5.41) is 20.2. The van der Waals surface area contributed by atoms with Gasteiger partial charge < -0.3 is 9.84 Å². The molecular formula is C11H8N4O5S. The molecule has 0 aliphatic carbocycles. The van der Waals surface area contributed by atoms with Gasteiger partial charge in [-0.2, -0.15) is 4.98 Å². The molecule has 0 bridgehead atoms. The van der Waals surface area contributed by atoms with Crippen LogP contribution >= 0.6 is 11.8 Å². The van der Waals surface area contributed by atoms with Gasteiger partial charge in [0.15, 0.2) is 5.03 Å². The first-order chi connectivity index (χ1) is 10.0. The molecule has 0 spiro atoms. The smallest absolute Gasteiger partial charge is 0.363 e. The molecule has 108 valence electrons. The predicted octanol–water partition coefficient (Wildman–Crippen LogP) is 1.64. The van der Waals surface area contributed by atoms with Gasteiger partial charge in [-0.15, -0.1) is 0 Å². The van der Waals surface area contributed by atoms with Crippen molar-refractivity contribution >= 4 is 23.4 Å². The fraction of sp³-hybridized carbons (Fsp3) is 0.0909. The van der Waals surface area contributed by atoms with E-state index in [4.69, 9.17) is 9.84 Å². The summed E-state index contributed by atoms with van der Waals surface area (Å²) in [5.41, 5.74) is -0.513. The number of hydrogen-bond acceptors (Lipinski definition) is 8. The van der Waals surface area contributed by atoms with E-state index in [1.165, 1.54) is 25.4 Å². The molecule has 0 unspecified atom stereocenters. The zero-order valence-corrected chi connectivity index (χ0v) is 11.4. The zero-order chi connectivity index (χ0) is 15.4. The van der Waals surface area contributed by atoms with Gasteiger partial charge in [0.25, 0.3) is 5.88 Å². The Morgan fingerprint density at radius 1 is 1.38 bits per heavy atom. The molecule has 21 heavy (non-hydrogen) atoms. The molecule has 0 aliphatic rings. The minimum absolute atomic E-state index is 0.0481. The van der Waals surface area contributed by atoms with Gasteiger partial charge in [0, 0.05) is 6.20 Å². The number of carboxylic acids is 1. The Hall–Kier alpha value is -2.75. The second kappa shape index (κ2) is 6.13. The Morgan fingerprint density at radius 2 is 2.14 bits per heavy atom. The molecule has 1 N–H and O–H groups in total. The lowest BCUT2D eigenvalue weighted by molar-refractivity contribution is -0.389. The van der Waals surface area contributed by atoms with E-state index in [9.17, 15) is 14.9 Å². The third-order valence-electron chi connectivity index (χ3n) is 2.33. The summed E-state index contributed by atoms with van der Waals surface area (Å²) in [6.07, 6.45) is 2.48. The number of methoxy groups -OCH3 is 1. The van der Waals surface area contributed by atoms with Crippen molar-refractivity contribution in [2.24, 2.45) is 0 Å². The molecular weight excluding hydrogens is 300 g/mol. The van der Waals surface area contributed by atoms with E-state index in [-0.39, 0.29) is 21.5 Å².